The van der Waals surface area contributed by atoms with Crippen LogP contribution in [0, 0.1) is 6.07 Å². The Kier molecular flexibility index (Phi) is 3.83. The van der Waals surface area contributed by atoms with Gasteiger partial charge in [-0.15, -0.1) is 11.8 Å². The van der Waals surface area contributed by atoms with Crippen molar-refractivity contribution in [3.63, 3.8) is 0 Å². The number of rotatable bonds is 4. The van der Waals surface area contributed by atoms with Crippen LogP contribution >= 0.6 is 11.8 Å². The van der Waals surface area contributed by atoms with Crippen molar-refractivity contribution in [1.82, 2.24) is 4.98 Å². The van der Waals surface area contributed by atoms with Crippen LogP contribution in [-0.4, -0.2) is 10.7 Å². The lowest BCUT2D eigenvalue weighted by molar-refractivity contribution is 1.05. The first-order chi connectivity index (χ1) is 7.84. The normalized spacial score (nSPS) is 10.2. The molecule has 2 N–H and O–H groups in total. The Morgan fingerprint density at radius 2 is 2.19 bits per heavy atom. The molecule has 0 aliphatic rings. The maximum atomic E-state index is 5.62. The quantitative estimate of drug-likeness (QED) is 0.819. The van der Waals surface area contributed by atoms with Gasteiger partial charge in [-0.1, -0.05) is 18.2 Å². The minimum atomic E-state index is 0.593. The number of hydrogen-bond acceptors (Lipinski definition) is 3. The van der Waals surface area contributed by atoms with Gasteiger partial charge in [-0.05, 0) is 36.8 Å². The molecule has 1 heterocycles. The van der Waals surface area contributed by atoms with Gasteiger partial charge in [0.1, 0.15) is 5.82 Å². The van der Waals surface area contributed by atoms with Gasteiger partial charge in [0, 0.05) is 16.3 Å². The topological polar surface area (TPSA) is 38.9 Å². The average Bonchev–Trinajstić information content (AvgIpc) is 2.30. The molecule has 1 radical (unpaired) electrons. The van der Waals surface area contributed by atoms with Crippen molar-refractivity contribution in [2.45, 2.75) is 11.3 Å². The SMILES string of the molecule is Nc1cccc(CCSc2c[c]ccc2)n1. The number of nitrogens with zero attached hydrogens (tertiary/aromatic N) is 1. The Morgan fingerprint density at radius 1 is 1.25 bits per heavy atom. The molecule has 0 amide bonds. The van der Waals surface area contributed by atoms with Crippen LogP contribution in [0.4, 0.5) is 5.82 Å². The molecule has 0 bridgehead atoms. The first-order valence-electron chi connectivity index (χ1n) is 5.15. The molecule has 0 spiro atoms. The third-order valence-corrected chi connectivity index (χ3v) is 3.13. The maximum absolute atomic E-state index is 5.62. The number of aromatic nitrogens is 1. The number of aryl methyl sites for hydroxylation is 1. The predicted octanol–water partition coefficient (Wildman–Crippen LogP) is 2.80. The van der Waals surface area contributed by atoms with E-state index in [1.807, 2.05) is 48.2 Å². The number of nitrogens with two attached hydrogens (primary N) is 1. The van der Waals surface area contributed by atoms with Gasteiger partial charge < -0.3 is 5.73 Å². The molecule has 0 saturated carbocycles. The molecule has 81 valence electrons. The van der Waals surface area contributed by atoms with Crippen molar-refractivity contribution >= 4 is 17.6 Å². The van der Waals surface area contributed by atoms with Gasteiger partial charge in [0.25, 0.3) is 0 Å². The van der Waals surface area contributed by atoms with Crippen LogP contribution < -0.4 is 5.73 Å². The van der Waals surface area contributed by atoms with E-state index in [0.717, 1.165) is 17.9 Å². The molecular formula is C13H13N2S. The summed E-state index contributed by atoms with van der Waals surface area (Å²) in [6, 6.07) is 16.8. The second-order valence-electron chi connectivity index (χ2n) is 3.39. The highest BCUT2D eigenvalue weighted by Gasteiger charge is 1.97. The molecule has 3 heteroatoms. The predicted molar refractivity (Wildman–Crippen MR) is 68.4 cm³/mol. The first-order valence-corrected chi connectivity index (χ1v) is 6.13. The van der Waals surface area contributed by atoms with Crippen molar-refractivity contribution in [1.29, 1.82) is 0 Å². The smallest absolute Gasteiger partial charge is 0.123 e. The van der Waals surface area contributed by atoms with E-state index in [9.17, 15) is 0 Å². The second kappa shape index (κ2) is 5.56. The zero-order valence-corrected chi connectivity index (χ0v) is 9.70. The third kappa shape index (κ3) is 3.28. The summed E-state index contributed by atoms with van der Waals surface area (Å²) in [5, 5.41) is 0. The highest BCUT2D eigenvalue weighted by molar-refractivity contribution is 7.99. The van der Waals surface area contributed by atoms with Gasteiger partial charge >= 0.3 is 0 Å². The van der Waals surface area contributed by atoms with Crippen LogP contribution in [0.3, 0.4) is 0 Å². The maximum Gasteiger partial charge on any atom is 0.123 e. The molecule has 0 fully saturated rings. The zero-order chi connectivity index (χ0) is 11.2. The van der Waals surface area contributed by atoms with E-state index in [0.29, 0.717) is 5.82 Å². The zero-order valence-electron chi connectivity index (χ0n) is 8.89. The Bertz CT molecular complexity index is 443. The summed E-state index contributed by atoms with van der Waals surface area (Å²) in [6.45, 7) is 0. The van der Waals surface area contributed by atoms with E-state index in [-0.39, 0.29) is 0 Å². The van der Waals surface area contributed by atoms with E-state index in [2.05, 4.69) is 17.1 Å². The van der Waals surface area contributed by atoms with Crippen molar-refractivity contribution < 1.29 is 0 Å². The van der Waals surface area contributed by atoms with Crippen molar-refractivity contribution in [2.24, 2.45) is 0 Å². The first kappa shape index (κ1) is 11.0. The molecule has 2 aromatic rings. The van der Waals surface area contributed by atoms with Gasteiger partial charge in [-0.25, -0.2) is 4.98 Å². The third-order valence-electron chi connectivity index (χ3n) is 2.13. The highest BCUT2D eigenvalue weighted by atomic mass is 32.2. The Morgan fingerprint density at radius 3 is 2.94 bits per heavy atom. The number of nitrogen functional groups attached to an aromatic ring is 1. The monoisotopic (exact) mass is 229 g/mol. The van der Waals surface area contributed by atoms with Gasteiger partial charge in [0.15, 0.2) is 0 Å². The van der Waals surface area contributed by atoms with Gasteiger partial charge in [-0.2, -0.15) is 0 Å². The summed E-state index contributed by atoms with van der Waals surface area (Å²) in [5.41, 5.74) is 6.67. The van der Waals surface area contributed by atoms with E-state index >= 15 is 0 Å². The van der Waals surface area contributed by atoms with Crippen LogP contribution in [0.15, 0.2) is 47.4 Å². The van der Waals surface area contributed by atoms with Crippen molar-refractivity contribution in [2.75, 3.05) is 11.5 Å². The number of anilines is 1. The molecule has 1 aromatic carbocycles. The summed E-state index contributed by atoms with van der Waals surface area (Å²) in [4.78, 5) is 5.50. The molecule has 0 atom stereocenters. The molecule has 2 rings (SSSR count). The summed E-state index contributed by atoms with van der Waals surface area (Å²) in [5.74, 6) is 1.60. The molecule has 1 aromatic heterocycles. The Hall–Kier alpha value is -1.48. The Labute approximate surface area is 99.9 Å². The van der Waals surface area contributed by atoms with Gasteiger partial charge in [0.2, 0.25) is 0 Å². The fourth-order valence-corrected chi connectivity index (χ4v) is 2.25. The molecule has 0 aliphatic heterocycles. The lowest BCUT2D eigenvalue weighted by atomic mass is 10.3. The Balaban J connectivity index is 1.85. The number of thioether (sulfide) groups is 1. The minimum absolute atomic E-state index is 0.593. The summed E-state index contributed by atoms with van der Waals surface area (Å²) >= 11 is 1.81. The minimum Gasteiger partial charge on any atom is -0.384 e. The average molecular weight is 229 g/mol. The van der Waals surface area contributed by atoms with E-state index in [1.165, 1.54) is 4.90 Å². The van der Waals surface area contributed by atoms with Gasteiger partial charge in [-0.3, -0.25) is 0 Å². The summed E-state index contributed by atoms with van der Waals surface area (Å²) in [7, 11) is 0. The van der Waals surface area contributed by atoms with Crippen LogP contribution in [0.2, 0.25) is 0 Å². The fourth-order valence-electron chi connectivity index (χ4n) is 1.38. The van der Waals surface area contributed by atoms with Crippen LogP contribution in [0.25, 0.3) is 0 Å². The van der Waals surface area contributed by atoms with Crippen LogP contribution in [0.5, 0.6) is 0 Å². The number of hydrogen-bond donors (Lipinski definition) is 1. The highest BCUT2D eigenvalue weighted by Crippen LogP contribution is 2.17. The molecule has 2 nitrogen and oxygen atoms in total. The standard InChI is InChI=1S/C13H13N2S/c14-13-8-4-5-11(15-13)9-10-16-12-6-2-1-3-7-12/h1-2,4-8H,9-10H2,(H2,14,15). The van der Waals surface area contributed by atoms with E-state index in [4.69, 9.17) is 5.73 Å². The van der Waals surface area contributed by atoms with Crippen molar-refractivity contribution in [3.8, 4) is 0 Å². The second-order valence-corrected chi connectivity index (χ2v) is 4.56. The summed E-state index contributed by atoms with van der Waals surface area (Å²) < 4.78 is 0. The molecule has 0 aliphatic carbocycles. The van der Waals surface area contributed by atoms with Gasteiger partial charge in [0.05, 0.1) is 0 Å². The molecule has 0 unspecified atom stereocenters. The van der Waals surface area contributed by atoms with E-state index in [1.54, 1.807) is 0 Å². The number of benzene rings is 1. The fraction of sp³-hybridized carbons (Fsp3) is 0.154. The summed E-state index contributed by atoms with van der Waals surface area (Å²) in [6.07, 6.45) is 0.935. The van der Waals surface area contributed by atoms with Crippen LogP contribution in [0.1, 0.15) is 5.69 Å². The van der Waals surface area contributed by atoms with E-state index < -0.39 is 0 Å². The van der Waals surface area contributed by atoms with Crippen molar-refractivity contribution in [3.05, 3.63) is 54.2 Å². The number of pyridine rings is 1. The van der Waals surface area contributed by atoms with Crippen LogP contribution in [-0.2, 0) is 6.42 Å². The molecule has 16 heavy (non-hydrogen) atoms. The largest absolute Gasteiger partial charge is 0.384 e. The lowest BCUT2D eigenvalue weighted by Crippen LogP contribution is -1.96. The molecule has 0 saturated heterocycles. The lowest BCUT2D eigenvalue weighted by Gasteiger charge is -2.02. The molecular weight excluding hydrogens is 216 g/mol.